The van der Waals surface area contributed by atoms with E-state index in [0.717, 1.165) is 24.3 Å². The number of rotatable bonds is 8. The van der Waals surface area contributed by atoms with E-state index in [1.165, 1.54) is 29.0 Å². The molecular formula is C23H26Cl4F12N2O6S2. The number of hydrogen-bond acceptors (Lipinski definition) is 7. The fourth-order valence-corrected chi connectivity index (χ4v) is 5.37. The average molecular weight is 860 g/mol. The molecule has 49 heavy (non-hydrogen) atoms. The lowest BCUT2D eigenvalue weighted by Gasteiger charge is -2.29. The molecule has 2 aromatic carbocycles. The second kappa shape index (κ2) is 19.9. The first-order valence-corrected chi connectivity index (χ1v) is 16.2. The lowest BCUT2D eigenvalue weighted by molar-refractivity contribution is -0.293. The number of halogens is 16. The minimum Gasteiger partial charge on any atom is -0.395 e. The number of hydrogen-bond donors (Lipinski definition) is 4. The molecule has 26 heteroatoms. The van der Waals surface area contributed by atoms with Gasteiger partial charge in [0.1, 0.15) is 0 Å². The second-order valence-electron chi connectivity index (χ2n) is 8.72. The summed E-state index contributed by atoms with van der Waals surface area (Å²) < 4.78 is 192. The molecule has 5 N–H and O–H groups in total. The quantitative estimate of drug-likeness (QED) is 0.164. The van der Waals surface area contributed by atoms with Crippen molar-refractivity contribution in [3.8, 4) is 0 Å². The van der Waals surface area contributed by atoms with Gasteiger partial charge in [-0.25, -0.2) is 21.6 Å². The Morgan fingerprint density at radius 1 is 0.633 bits per heavy atom. The summed E-state index contributed by atoms with van der Waals surface area (Å²) in [5, 5.41) is 17.5. The second-order valence-corrected chi connectivity index (χ2v) is 13.9. The Hall–Kier alpha value is -1.50. The predicted octanol–water partition coefficient (Wildman–Crippen LogP) is 7.09. The van der Waals surface area contributed by atoms with Gasteiger partial charge in [-0.1, -0.05) is 30.6 Å². The van der Waals surface area contributed by atoms with E-state index < -0.39 is 85.8 Å². The summed E-state index contributed by atoms with van der Waals surface area (Å²) in [5.41, 5.74) is 4.50. The first-order chi connectivity index (χ1) is 20.9. The normalized spacial score (nSPS) is 14.0. The Balaban J connectivity index is -0.000000693. The first kappa shape index (κ1) is 51.9. The Morgan fingerprint density at radius 3 is 1.16 bits per heavy atom. The van der Waals surface area contributed by atoms with Crippen LogP contribution in [0.3, 0.4) is 0 Å². The van der Waals surface area contributed by atoms with E-state index in [-0.39, 0.29) is 29.8 Å². The fraction of sp³-hybridized carbons (Fsp3) is 0.478. The summed E-state index contributed by atoms with van der Waals surface area (Å²) in [6.07, 6.45) is -22.6. The molecule has 2 aromatic rings. The lowest BCUT2D eigenvalue weighted by atomic mass is 10.00. The first-order valence-electron chi connectivity index (χ1n) is 11.6. The number of sulfonamides is 1. The van der Waals surface area contributed by atoms with Crippen molar-refractivity contribution >= 4 is 65.4 Å². The number of aliphatic hydroxyl groups is 2. The maximum Gasteiger partial charge on any atom is 0.402 e. The Morgan fingerprint density at radius 2 is 0.939 bits per heavy atom. The highest BCUT2D eigenvalue weighted by atomic mass is 35.7. The van der Waals surface area contributed by atoms with Gasteiger partial charge in [-0.05, 0) is 48.5 Å². The van der Waals surface area contributed by atoms with Crippen molar-refractivity contribution < 1.29 is 79.7 Å². The minimum absolute atomic E-state index is 0. The maximum absolute atomic E-state index is 12.6. The van der Waals surface area contributed by atoms with Gasteiger partial charge in [-0.2, -0.15) is 52.7 Å². The zero-order valence-electron chi connectivity index (χ0n) is 22.8. The molecule has 0 saturated carbocycles. The van der Waals surface area contributed by atoms with Crippen LogP contribution in [0.2, 0.25) is 10.0 Å². The monoisotopic (exact) mass is 858 g/mol. The van der Waals surface area contributed by atoms with Crippen LogP contribution < -0.4 is 10.5 Å². The molecule has 0 unspecified atom stereocenters. The Kier molecular flexibility index (Phi) is 21.1. The molecule has 0 aromatic heterocycles. The topological polar surface area (TPSA) is 147 Å². The smallest absolute Gasteiger partial charge is 0.395 e. The van der Waals surface area contributed by atoms with E-state index >= 15 is 0 Å². The minimum atomic E-state index is -5.80. The molecule has 0 aliphatic rings. The molecule has 0 amide bonds. The maximum atomic E-state index is 12.6. The van der Waals surface area contributed by atoms with Gasteiger partial charge in [0.2, 0.25) is 10.0 Å². The van der Waals surface area contributed by atoms with Gasteiger partial charge in [0, 0.05) is 26.8 Å². The summed E-state index contributed by atoms with van der Waals surface area (Å²) >= 11 is 11.0. The van der Waals surface area contributed by atoms with Gasteiger partial charge < -0.3 is 15.9 Å². The molecule has 0 spiro atoms. The third kappa shape index (κ3) is 18.0. The van der Waals surface area contributed by atoms with Crippen molar-refractivity contribution in [2.24, 2.45) is 17.6 Å². The predicted molar refractivity (Wildman–Crippen MR) is 157 cm³/mol. The highest BCUT2D eigenvalue weighted by Gasteiger charge is 2.61. The Bertz CT molecular complexity index is 1450. The van der Waals surface area contributed by atoms with E-state index in [1.54, 1.807) is 0 Å². The van der Waals surface area contributed by atoms with E-state index in [4.69, 9.17) is 44.1 Å². The molecule has 0 aliphatic carbocycles. The molecule has 2 atom stereocenters. The van der Waals surface area contributed by atoms with Gasteiger partial charge in [0.15, 0.2) is 11.8 Å². The SMILES string of the molecule is C.Cl.N[C@H](CO)C(C(F)(F)F)C(F)(F)F.O=S(=O)(Cl)c1ccc(Cl)cc1.O=S(=O)(N[C@H](CO)C(C(F)(F)F)C(F)(F)F)c1ccc(Cl)cc1. The molecule has 0 aliphatic heterocycles. The lowest BCUT2D eigenvalue weighted by Crippen LogP contribution is -2.54. The van der Waals surface area contributed by atoms with Gasteiger partial charge in [-0.3, -0.25) is 0 Å². The van der Waals surface area contributed by atoms with Crippen LogP contribution in [0.1, 0.15) is 7.43 Å². The molecule has 0 saturated heterocycles. The zero-order valence-corrected chi connectivity index (χ0v) is 27.6. The number of nitrogens with two attached hydrogens (primary N) is 1. The van der Waals surface area contributed by atoms with Crippen LogP contribution in [0.15, 0.2) is 58.3 Å². The molecule has 0 radical (unpaired) electrons. The van der Waals surface area contributed by atoms with Crippen molar-refractivity contribution in [1.29, 1.82) is 0 Å². The molecule has 2 rings (SSSR count). The summed E-state index contributed by atoms with van der Waals surface area (Å²) in [6, 6.07) is 4.42. The summed E-state index contributed by atoms with van der Waals surface area (Å²) in [5.74, 6) is -7.73. The molecule has 0 bridgehead atoms. The van der Waals surface area contributed by atoms with Crippen molar-refractivity contribution in [1.82, 2.24) is 4.72 Å². The number of aliphatic hydroxyl groups excluding tert-OH is 2. The molecule has 0 heterocycles. The molecule has 288 valence electrons. The van der Waals surface area contributed by atoms with Gasteiger partial charge in [0.05, 0.1) is 29.0 Å². The van der Waals surface area contributed by atoms with Crippen molar-refractivity contribution in [3.63, 3.8) is 0 Å². The van der Waals surface area contributed by atoms with E-state index in [1.807, 2.05) is 0 Å². The summed E-state index contributed by atoms with van der Waals surface area (Å²) in [4.78, 5) is -0.535. The van der Waals surface area contributed by atoms with Crippen molar-refractivity contribution in [2.75, 3.05) is 13.2 Å². The molecule has 0 fully saturated rings. The Labute approximate surface area is 292 Å². The van der Waals surface area contributed by atoms with Crippen LogP contribution in [0.4, 0.5) is 52.7 Å². The van der Waals surface area contributed by atoms with Crippen LogP contribution in [-0.2, 0) is 19.1 Å². The van der Waals surface area contributed by atoms with Gasteiger partial charge in [0.25, 0.3) is 9.05 Å². The number of nitrogens with one attached hydrogen (secondary N) is 1. The molecular weight excluding hydrogens is 834 g/mol. The largest absolute Gasteiger partial charge is 0.402 e. The third-order valence-electron chi connectivity index (χ3n) is 5.17. The van der Waals surface area contributed by atoms with Gasteiger partial charge >= 0.3 is 24.7 Å². The number of benzene rings is 2. The highest BCUT2D eigenvalue weighted by molar-refractivity contribution is 8.13. The third-order valence-corrected chi connectivity index (χ3v) is 8.55. The number of alkyl halides is 12. The zero-order chi connectivity index (χ0) is 37.4. The van der Waals surface area contributed by atoms with Crippen LogP contribution >= 0.6 is 46.3 Å². The standard InChI is InChI=1S/C11H10ClF6NO3S.C6H4Cl2O2S.C5H7F6NO.CH4.ClH/c12-6-1-3-7(4-2-6)23(21,22)19-8(5-20)9(10(13,14)15)11(16,17)18;7-5-1-3-6(4-2-5)11(8,9)10;6-4(7,8)3(2(12)1-13)5(9,10)11;;/h1-4,8-9,19-20H,5H2;1-4H;2-3,13H,1,12H2;1H4;1H/t8-;;2-;;/m1.1../s1. The van der Waals surface area contributed by atoms with Crippen LogP contribution in [0, 0.1) is 11.8 Å². The average Bonchev–Trinajstić information content (AvgIpc) is 2.85. The van der Waals surface area contributed by atoms with E-state index in [2.05, 4.69) is 5.73 Å². The van der Waals surface area contributed by atoms with Crippen molar-refractivity contribution in [2.45, 2.75) is 54.0 Å². The fourth-order valence-electron chi connectivity index (χ4n) is 3.11. The van der Waals surface area contributed by atoms with Crippen LogP contribution in [0.5, 0.6) is 0 Å². The van der Waals surface area contributed by atoms with E-state index in [9.17, 15) is 69.5 Å². The van der Waals surface area contributed by atoms with E-state index in [0.29, 0.717) is 5.02 Å². The molecule has 8 nitrogen and oxygen atoms in total. The van der Waals surface area contributed by atoms with Gasteiger partial charge in [-0.15, -0.1) is 12.4 Å². The summed E-state index contributed by atoms with van der Waals surface area (Å²) in [6.45, 7) is -3.07. The van der Waals surface area contributed by atoms with Crippen LogP contribution in [-0.4, -0.2) is 77.1 Å². The summed E-state index contributed by atoms with van der Waals surface area (Å²) in [7, 11) is -3.29. The van der Waals surface area contributed by atoms with Crippen molar-refractivity contribution in [3.05, 3.63) is 58.6 Å². The highest BCUT2D eigenvalue weighted by Crippen LogP contribution is 2.42. The van der Waals surface area contributed by atoms with Crippen LogP contribution in [0.25, 0.3) is 0 Å².